The van der Waals surface area contributed by atoms with Crippen molar-refractivity contribution in [2.45, 2.75) is 18.6 Å². The molecule has 1 saturated heterocycles. The van der Waals surface area contributed by atoms with Crippen molar-refractivity contribution in [2.24, 2.45) is 0 Å². The maximum Gasteiger partial charge on any atom is 0.409 e. The second-order valence-electron chi connectivity index (χ2n) is 4.92. The number of likely N-dealkylation sites (N-methyl/N-ethyl adjacent to an activating group) is 1. The van der Waals surface area contributed by atoms with Crippen LogP contribution >= 0.6 is 11.8 Å². The lowest BCUT2D eigenvalue weighted by Gasteiger charge is -2.27. The Morgan fingerprint density at radius 2 is 2.21 bits per heavy atom. The molecule has 1 unspecified atom stereocenters. The van der Waals surface area contributed by atoms with E-state index in [1.54, 1.807) is 18.8 Å². The van der Waals surface area contributed by atoms with Gasteiger partial charge >= 0.3 is 6.09 Å². The summed E-state index contributed by atoms with van der Waals surface area (Å²) in [4.78, 5) is 13.3. The normalized spacial score (nSPS) is 22.2. The molecule has 0 aromatic heterocycles. The maximum atomic E-state index is 11.8. The fraction of sp³-hybridized carbons (Fsp3) is 0.500. The number of ether oxygens (including phenoxy) is 1. The SMILES string of the molecule is CN(CC1(O)CCSC1)C(=O)OCc1ccccc1. The molecule has 0 spiro atoms. The average Bonchev–Trinajstić information content (AvgIpc) is 2.83. The zero-order chi connectivity index (χ0) is 13.7. The highest BCUT2D eigenvalue weighted by Gasteiger charge is 2.34. The lowest BCUT2D eigenvalue weighted by atomic mass is 10.0. The third kappa shape index (κ3) is 4.14. The van der Waals surface area contributed by atoms with Crippen LogP contribution in [-0.2, 0) is 11.3 Å². The molecule has 19 heavy (non-hydrogen) atoms. The van der Waals surface area contributed by atoms with Crippen molar-refractivity contribution in [3.05, 3.63) is 35.9 Å². The Morgan fingerprint density at radius 1 is 1.47 bits per heavy atom. The van der Waals surface area contributed by atoms with E-state index in [1.807, 2.05) is 30.3 Å². The van der Waals surface area contributed by atoms with Crippen LogP contribution in [0.25, 0.3) is 0 Å². The van der Waals surface area contributed by atoms with E-state index in [1.165, 1.54) is 4.90 Å². The topological polar surface area (TPSA) is 49.8 Å². The van der Waals surface area contributed by atoms with E-state index in [2.05, 4.69) is 0 Å². The highest BCUT2D eigenvalue weighted by atomic mass is 32.2. The number of hydrogen-bond donors (Lipinski definition) is 1. The van der Waals surface area contributed by atoms with Crippen LogP contribution in [0.4, 0.5) is 4.79 Å². The Balaban J connectivity index is 1.79. The minimum Gasteiger partial charge on any atom is -0.445 e. The van der Waals surface area contributed by atoms with Crippen LogP contribution in [-0.4, -0.2) is 46.8 Å². The molecular formula is C14H19NO3S. The van der Waals surface area contributed by atoms with Crippen LogP contribution in [0.2, 0.25) is 0 Å². The molecule has 1 N–H and O–H groups in total. The molecule has 1 aromatic carbocycles. The summed E-state index contributed by atoms with van der Waals surface area (Å²) in [5, 5.41) is 10.2. The Kier molecular flexibility index (Phi) is 4.71. The van der Waals surface area contributed by atoms with Gasteiger partial charge in [-0.05, 0) is 17.7 Å². The van der Waals surface area contributed by atoms with Gasteiger partial charge in [-0.25, -0.2) is 4.79 Å². The summed E-state index contributed by atoms with van der Waals surface area (Å²) in [5.74, 6) is 1.63. The van der Waals surface area contributed by atoms with Crippen molar-refractivity contribution < 1.29 is 14.6 Å². The smallest absolute Gasteiger partial charge is 0.409 e. The fourth-order valence-corrected chi connectivity index (χ4v) is 3.34. The molecular weight excluding hydrogens is 262 g/mol. The van der Waals surface area contributed by atoms with Crippen LogP contribution in [0.1, 0.15) is 12.0 Å². The first-order chi connectivity index (χ1) is 9.09. The van der Waals surface area contributed by atoms with Gasteiger partial charge in [-0.15, -0.1) is 0 Å². The first kappa shape index (κ1) is 14.2. The highest BCUT2D eigenvalue weighted by Crippen LogP contribution is 2.28. The van der Waals surface area contributed by atoms with Gasteiger partial charge in [0.2, 0.25) is 0 Å². The Labute approximate surface area is 117 Å². The van der Waals surface area contributed by atoms with Crippen molar-refractivity contribution in [3.63, 3.8) is 0 Å². The molecule has 2 rings (SSSR count). The highest BCUT2D eigenvalue weighted by molar-refractivity contribution is 7.99. The van der Waals surface area contributed by atoms with Crippen molar-refractivity contribution >= 4 is 17.9 Å². The van der Waals surface area contributed by atoms with Gasteiger partial charge in [-0.2, -0.15) is 11.8 Å². The molecule has 1 aliphatic rings. The number of carbonyl (C=O) groups excluding carboxylic acids is 1. The van der Waals surface area contributed by atoms with Gasteiger partial charge in [0.25, 0.3) is 0 Å². The summed E-state index contributed by atoms with van der Waals surface area (Å²) in [6.45, 7) is 0.588. The van der Waals surface area contributed by atoms with Crippen LogP contribution in [0.5, 0.6) is 0 Å². The Morgan fingerprint density at radius 3 is 2.84 bits per heavy atom. The number of aliphatic hydroxyl groups is 1. The van der Waals surface area contributed by atoms with E-state index >= 15 is 0 Å². The largest absolute Gasteiger partial charge is 0.445 e. The molecule has 5 heteroatoms. The molecule has 104 valence electrons. The molecule has 1 atom stereocenters. The third-order valence-electron chi connectivity index (χ3n) is 3.13. The minimum atomic E-state index is -0.759. The van der Waals surface area contributed by atoms with Gasteiger partial charge < -0.3 is 14.7 Å². The van der Waals surface area contributed by atoms with Gasteiger partial charge in [0.05, 0.1) is 12.1 Å². The summed E-state index contributed by atoms with van der Waals surface area (Å²) in [6.07, 6.45) is 0.336. The lowest BCUT2D eigenvalue weighted by molar-refractivity contribution is 0.0261. The van der Waals surface area contributed by atoms with Gasteiger partial charge in [-0.3, -0.25) is 0 Å². The van der Waals surface area contributed by atoms with Gasteiger partial charge in [0.15, 0.2) is 0 Å². The number of rotatable bonds is 4. The first-order valence-corrected chi connectivity index (χ1v) is 7.46. The number of benzene rings is 1. The van der Waals surface area contributed by atoms with E-state index in [9.17, 15) is 9.90 Å². The maximum absolute atomic E-state index is 11.8. The quantitative estimate of drug-likeness (QED) is 0.918. The predicted molar refractivity (Wildman–Crippen MR) is 76.1 cm³/mol. The summed E-state index contributed by atoms with van der Waals surface area (Å²) in [6, 6.07) is 9.56. The fourth-order valence-electron chi connectivity index (χ4n) is 2.06. The number of amides is 1. The van der Waals surface area contributed by atoms with Crippen molar-refractivity contribution in [1.29, 1.82) is 0 Å². The van der Waals surface area contributed by atoms with Crippen LogP contribution in [0.3, 0.4) is 0 Å². The zero-order valence-electron chi connectivity index (χ0n) is 11.0. The molecule has 1 heterocycles. The standard InChI is InChI=1S/C14H19NO3S/c1-15(10-14(17)7-8-19-11-14)13(16)18-9-12-5-3-2-4-6-12/h2-6,17H,7-11H2,1H3. The zero-order valence-corrected chi connectivity index (χ0v) is 11.9. The molecule has 4 nitrogen and oxygen atoms in total. The number of carbonyl (C=O) groups is 1. The van der Waals surface area contributed by atoms with Crippen molar-refractivity contribution in [3.8, 4) is 0 Å². The summed E-state index contributed by atoms with van der Waals surface area (Å²) >= 11 is 1.72. The van der Waals surface area contributed by atoms with E-state index in [-0.39, 0.29) is 6.61 Å². The van der Waals surface area contributed by atoms with E-state index in [4.69, 9.17) is 4.74 Å². The summed E-state index contributed by atoms with van der Waals surface area (Å²) in [5.41, 5.74) is 0.199. The van der Waals surface area contributed by atoms with Gasteiger partial charge in [0, 0.05) is 12.8 Å². The second-order valence-corrected chi connectivity index (χ2v) is 6.03. The Hall–Kier alpha value is -1.20. The molecule has 0 radical (unpaired) electrons. The summed E-state index contributed by atoms with van der Waals surface area (Å²) < 4.78 is 5.21. The average molecular weight is 281 g/mol. The third-order valence-corrected chi connectivity index (χ3v) is 4.37. The monoisotopic (exact) mass is 281 g/mol. The number of hydrogen-bond acceptors (Lipinski definition) is 4. The van der Waals surface area contributed by atoms with Crippen molar-refractivity contribution in [1.82, 2.24) is 4.90 Å². The van der Waals surface area contributed by atoms with Crippen LogP contribution in [0, 0.1) is 0 Å². The van der Waals surface area contributed by atoms with Crippen molar-refractivity contribution in [2.75, 3.05) is 25.1 Å². The molecule has 1 aromatic rings. The van der Waals surface area contributed by atoms with Gasteiger partial charge in [-0.1, -0.05) is 30.3 Å². The van der Waals surface area contributed by atoms with Crippen LogP contribution < -0.4 is 0 Å². The first-order valence-electron chi connectivity index (χ1n) is 6.31. The second kappa shape index (κ2) is 6.30. The van der Waals surface area contributed by atoms with Crippen LogP contribution in [0.15, 0.2) is 30.3 Å². The molecule has 0 aliphatic carbocycles. The lowest BCUT2D eigenvalue weighted by Crippen LogP contribution is -2.44. The Bertz CT molecular complexity index is 418. The molecule has 0 saturated carbocycles. The molecule has 1 amide bonds. The molecule has 1 fully saturated rings. The summed E-state index contributed by atoms with van der Waals surface area (Å²) in [7, 11) is 1.66. The van der Waals surface area contributed by atoms with Gasteiger partial charge in [0.1, 0.15) is 6.61 Å². The predicted octanol–water partition coefficient (Wildman–Crippen LogP) is 2.12. The van der Waals surface area contributed by atoms with E-state index in [0.29, 0.717) is 12.3 Å². The van der Waals surface area contributed by atoms with E-state index < -0.39 is 11.7 Å². The molecule has 0 bridgehead atoms. The minimum absolute atomic E-state index is 0.261. The van der Waals surface area contributed by atoms with E-state index in [0.717, 1.165) is 17.7 Å². The molecule has 1 aliphatic heterocycles. The number of nitrogens with zero attached hydrogens (tertiary/aromatic N) is 1. The number of thioether (sulfide) groups is 1.